The smallest absolute Gasteiger partial charge is 0.0682 e. The number of hydrogen-bond donors (Lipinski definition) is 4. The Labute approximate surface area is 382 Å². The summed E-state index contributed by atoms with van der Waals surface area (Å²) in [6.45, 7) is 32.4. The molecule has 0 aromatic heterocycles. The minimum Gasteiger partial charge on any atom is -0.390 e. The standard InChI is InChI=1S/2C29H50O2/c2*1-8-29(31)16-15-27(6)21(18-29)17-20(3)25-23-10-9-22(19(2)11-13-26(4,5)30)28(23,7)14-12-24(25)27/h2*17,19-20,22-25,30-31H,8-16,18H2,1-7H3/t19-,20+,22-,23+,24+,25+,27+,28-,29+;19-,20-,22-,23+,24+,25+,27+,28-,29+/m11/s1. The van der Waals surface area contributed by atoms with E-state index in [0.29, 0.717) is 45.3 Å². The molecule has 4 N–H and O–H groups in total. The van der Waals surface area contributed by atoms with Crippen LogP contribution in [0.2, 0.25) is 0 Å². The molecule has 0 aromatic carbocycles. The van der Waals surface area contributed by atoms with E-state index in [9.17, 15) is 20.4 Å². The van der Waals surface area contributed by atoms with Crippen molar-refractivity contribution in [2.45, 2.75) is 248 Å². The fourth-order valence-corrected chi connectivity index (χ4v) is 18.3. The molecule has 0 unspecified atom stereocenters. The van der Waals surface area contributed by atoms with Crippen molar-refractivity contribution < 1.29 is 20.4 Å². The molecule has 6 saturated carbocycles. The van der Waals surface area contributed by atoms with E-state index in [2.05, 4.69) is 81.4 Å². The molecule has 0 amide bonds. The van der Waals surface area contributed by atoms with E-state index < -0.39 is 22.4 Å². The van der Waals surface area contributed by atoms with Crippen LogP contribution >= 0.6 is 0 Å². The van der Waals surface area contributed by atoms with Crippen molar-refractivity contribution in [3.8, 4) is 0 Å². The van der Waals surface area contributed by atoms with E-state index in [4.69, 9.17) is 0 Å². The topological polar surface area (TPSA) is 80.9 Å². The highest BCUT2D eigenvalue weighted by molar-refractivity contribution is 5.30. The van der Waals surface area contributed by atoms with Gasteiger partial charge in [0, 0.05) is 0 Å². The second-order valence-electron chi connectivity index (χ2n) is 27.1. The molecule has 0 aromatic rings. The highest BCUT2D eigenvalue weighted by atomic mass is 16.3. The Balaban J connectivity index is 0.000000186. The second kappa shape index (κ2) is 17.1. The lowest BCUT2D eigenvalue weighted by molar-refractivity contribution is -0.0885. The minimum atomic E-state index is -0.542. The molecular weight excluding hydrogens is 761 g/mol. The molecule has 0 bridgehead atoms. The summed E-state index contributed by atoms with van der Waals surface area (Å²) in [5, 5.41) is 42.6. The van der Waals surface area contributed by atoms with Crippen molar-refractivity contribution in [2.75, 3.05) is 0 Å². The molecule has 18 atom stereocenters. The first-order valence-corrected chi connectivity index (χ1v) is 27.0. The summed E-state index contributed by atoms with van der Waals surface area (Å²) in [5.74, 6) is 9.21. The third kappa shape index (κ3) is 8.81. The van der Waals surface area contributed by atoms with Crippen molar-refractivity contribution in [1.29, 1.82) is 0 Å². The van der Waals surface area contributed by atoms with Crippen LogP contribution in [0.3, 0.4) is 0 Å². The highest BCUT2D eigenvalue weighted by Crippen LogP contribution is 2.71. The summed E-state index contributed by atoms with van der Waals surface area (Å²) >= 11 is 0. The lowest BCUT2D eigenvalue weighted by Crippen LogP contribution is -2.54. The Morgan fingerprint density at radius 3 is 1.23 bits per heavy atom. The van der Waals surface area contributed by atoms with Crippen molar-refractivity contribution in [3.63, 3.8) is 0 Å². The van der Waals surface area contributed by atoms with Gasteiger partial charge in [0.1, 0.15) is 0 Å². The second-order valence-corrected chi connectivity index (χ2v) is 27.1. The van der Waals surface area contributed by atoms with E-state index in [-0.39, 0.29) is 0 Å². The third-order valence-corrected chi connectivity index (χ3v) is 22.4. The van der Waals surface area contributed by atoms with Crippen LogP contribution in [0.4, 0.5) is 0 Å². The van der Waals surface area contributed by atoms with Crippen LogP contribution in [0.5, 0.6) is 0 Å². The molecule has 0 spiro atoms. The summed E-state index contributed by atoms with van der Waals surface area (Å²) < 4.78 is 0. The van der Waals surface area contributed by atoms with Gasteiger partial charge >= 0.3 is 0 Å². The van der Waals surface area contributed by atoms with E-state index in [0.717, 1.165) is 112 Å². The number of hydrogen-bond acceptors (Lipinski definition) is 4. The summed E-state index contributed by atoms with van der Waals surface area (Å²) in [6.07, 6.45) is 28.3. The Morgan fingerprint density at radius 1 is 0.548 bits per heavy atom. The SMILES string of the molecule is CC[C@]1(O)CC[C@@]2(C)C(=C[C@@H](C)[C@H]3[C@@H]4CC[C@H]([C@H](C)CCC(C)(C)O)[C@@]4(C)CC[C@@H]32)C1.CC[C@]1(O)CC[C@@]2(C)C(=C[C@H](C)[C@H]3[C@@H]4CC[C@H]([C@H](C)CCC(C)(C)O)[C@@]4(C)CC[C@@H]32)C1. The van der Waals surface area contributed by atoms with E-state index in [1.807, 2.05) is 27.7 Å². The maximum absolute atomic E-state index is 11.1. The minimum absolute atomic E-state index is 0.310. The Morgan fingerprint density at radius 2 is 0.903 bits per heavy atom. The van der Waals surface area contributed by atoms with Gasteiger partial charge in [-0.2, -0.15) is 0 Å². The molecule has 6 fully saturated rings. The number of allylic oxidation sites excluding steroid dienone is 2. The summed E-state index contributed by atoms with van der Waals surface area (Å²) in [5.41, 5.74) is 2.73. The average Bonchev–Trinajstić information content (AvgIpc) is 3.74. The first kappa shape index (κ1) is 49.2. The number of aliphatic hydroxyl groups is 4. The average molecular weight is 861 g/mol. The van der Waals surface area contributed by atoms with Gasteiger partial charge in [0.25, 0.3) is 0 Å². The molecule has 8 rings (SSSR count). The van der Waals surface area contributed by atoms with Crippen molar-refractivity contribution >= 4 is 0 Å². The van der Waals surface area contributed by atoms with Gasteiger partial charge < -0.3 is 20.4 Å². The maximum atomic E-state index is 11.1. The molecule has 0 heterocycles. The monoisotopic (exact) mass is 861 g/mol. The summed E-state index contributed by atoms with van der Waals surface area (Å²) in [4.78, 5) is 0. The van der Waals surface area contributed by atoms with Gasteiger partial charge in [-0.1, -0.05) is 92.5 Å². The van der Waals surface area contributed by atoms with E-state index in [1.54, 1.807) is 11.1 Å². The Kier molecular flexibility index (Phi) is 13.6. The molecule has 62 heavy (non-hydrogen) atoms. The Hall–Kier alpha value is -0.680. The molecule has 0 radical (unpaired) electrons. The van der Waals surface area contributed by atoms with Crippen LogP contribution in [0.25, 0.3) is 0 Å². The zero-order valence-electron chi connectivity index (χ0n) is 43.0. The van der Waals surface area contributed by atoms with Gasteiger partial charge in [-0.15, -0.1) is 0 Å². The van der Waals surface area contributed by atoms with Crippen LogP contribution in [0.15, 0.2) is 23.3 Å². The van der Waals surface area contributed by atoms with Crippen LogP contribution in [0, 0.1) is 92.7 Å². The maximum Gasteiger partial charge on any atom is 0.0682 e. The zero-order valence-corrected chi connectivity index (χ0v) is 43.0. The Bertz CT molecular complexity index is 1530. The molecule has 0 saturated heterocycles. The van der Waals surface area contributed by atoms with Crippen LogP contribution in [-0.2, 0) is 0 Å². The van der Waals surface area contributed by atoms with E-state index >= 15 is 0 Å². The molecule has 4 nitrogen and oxygen atoms in total. The third-order valence-electron chi connectivity index (χ3n) is 22.4. The zero-order chi connectivity index (χ0) is 45.6. The first-order chi connectivity index (χ1) is 28.7. The summed E-state index contributed by atoms with van der Waals surface area (Å²) in [7, 11) is 0. The van der Waals surface area contributed by atoms with Gasteiger partial charge in [0.2, 0.25) is 0 Å². The van der Waals surface area contributed by atoms with Gasteiger partial charge in [0.05, 0.1) is 22.4 Å². The van der Waals surface area contributed by atoms with Gasteiger partial charge in [-0.3, -0.25) is 0 Å². The number of fused-ring (bicyclic) bond motifs is 10. The lowest BCUT2D eigenvalue weighted by atomic mass is 9.44. The van der Waals surface area contributed by atoms with Crippen LogP contribution in [0.1, 0.15) is 225 Å². The highest BCUT2D eigenvalue weighted by Gasteiger charge is 2.63. The van der Waals surface area contributed by atoms with Crippen LogP contribution in [-0.4, -0.2) is 42.8 Å². The quantitative estimate of drug-likeness (QED) is 0.165. The number of rotatable bonds is 10. The van der Waals surface area contributed by atoms with Crippen molar-refractivity contribution in [2.24, 2.45) is 92.7 Å². The fourth-order valence-electron chi connectivity index (χ4n) is 18.3. The lowest BCUT2D eigenvalue weighted by Gasteiger charge is -2.61. The predicted octanol–water partition coefficient (Wildman–Crippen LogP) is 14.3. The van der Waals surface area contributed by atoms with Crippen molar-refractivity contribution in [1.82, 2.24) is 0 Å². The van der Waals surface area contributed by atoms with Crippen molar-refractivity contribution in [3.05, 3.63) is 23.3 Å². The fraction of sp³-hybridized carbons (Fsp3) is 0.931. The van der Waals surface area contributed by atoms with Gasteiger partial charge in [0.15, 0.2) is 0 Å². The van der Waals surface area contributed by atoms with Gasteiger partial charge in [-0.25, -0.2) is 0 Å². The predicted molar refractivity (Wildman–Crippen MR) is 259 cm³/mol. The molecular formula is C58H100O4. The molecule has 0 aliphatic heterocycles. The molecule has 8 aliphatic carbocycles. The molecule has 4 heteroatoms. The normalized spacial score (nSPS) is 48.4. The first-order valence-electron chi connectivity index (χ1n) is 27.0. The molecule has 356 valence electrons. The van der Waals surface area contributed by atoms with Gasteiger partial charge in [-0.05, 0) is 249 Å². The molecule has 8 aliphatic rings. The largest absolute Gasteiger partial charge is 0.390 e. The van der Waals surface area contributed by atoms with E-state index in [1.165, 1.54) is 64.2 Å². The summed E-state index contributed by atoms with van der Waals surface area (Å²) in [6, 6.07) is 0. The van der Waals surface area contributed by atoms with Crippen LogP contribution < -0.4 is 0 Å².